The second-order valence-electron chi connectivity index (χ2n) is 6.48. The lowest BCUT2D eigenvalue weighted by Gasteiger charge is -2.21. The molecule has 2 aromatic heterocycles. The van der Waals surface area contributed by atoms with Crippen molar-refractivity contribution in [1.82, 2.24) is 19.5 Å². The van der Waals surface area contributed by atoms with Gasteiger partial charge in [0.15, 0.2) is 23.2 Å². The molecular formula is C15H21N5O4. The average Bonchev–Trinajstić information content (AvgIpc) is 3.27. The Bertz CT molecular complexity index is 745. The van der Waals surface area contributed by atoms with Gasteiger partial charge in [-0.3, -0.25) is 4.57 Å². The fourth-order valence-electron chi connectivity index (χ4n) is 3.76. The first-order valence-corrected chi connectivity index (χ1v) is 8.22. The van der Waals surface area contributed by atoms with Crippen molar-refractivity contribution in [2.75, 3.05) is 12.3 Å². The highest BCUT2D eigenvalue weighted by Crippen LogP contribution is 2.40. The summed E-state index contributed by atoms with van der Waals surface area (Å²) in [6.45, 7) is -0.378. The van der Waals surface area contributed by atoms with Crippen LogP contribution in [0.2, 0.25) is 0 Å². The van der Waals surface area contributed by atoms with Crippen molar-refractivity contribution < 1.29 is 20.1 Å². The molecule has 1 saturated heterocycles. The number of aliphatic hydroxyl groups excluding tert-OH is 3. The summed E-state index contributed by atoms with van der Waals surface area (Å²) < 4.78 is 7.41. The number of rotatable bonds is 3. The fraction of sp³-hybridized carbons (Fsp3) is 0.667. The van der Waals surface area contributed by atoms with E-state index in [0.717, 1.165) is 31.5 Å². The number of hydrogen-bond donors (Lipinski definition) is 4. The van der Waals surface area contributed by atoms with E-state index in [-0.39, 0.29) is 18.3 Å². The van der Waals surface area contributed by atoms with Crippen LogP contribution in [0.3, 0.4) is 0 Å². The van der Waals surface area contributed by atoms with Crippen molar-refractivity contribution in [2.24, 2.45) is 0 Å². The Balaban J connectivity index is 1.86. The first-order valence-electron chi connectivity index (χ1n) is 8.22. The van der Waals surface area contributed by atoms with Gasteiger partial charge in [-0.25, -0.2) is 15.0 Å². The van der Waals surface area contributed by atoms with Crippen LogP contribution in [0.1, 0.15) is 43.7 Å². The third-order valence-electron chi connectivity index (χ3n) is 5.02. The van der Waals surface area contributed by atoms with Gasteiger partial charge in [-0.05, 0) is 12.8 Å². The quantitative estimate of drug-likeness (QED) is 0.598. The number of aromatic nitrogens is 4. The summed E-state index contributed by atoms with van der Waals surface area (Å²) in [6.07, 6.45) is 1.48. The van der Waals surface area contributed by atoms with Crippen LogP contribution < -0.4 is 5.73 Å². The van der Waals surface area contributed by atoms with Gasteiger partial charge < -0.3 is 25.8 Å². The molecule has 1 aliphatic heterocycles. The number of nitrogens with two attached hydrogens (primary N) is 1. The van der Waals surface area contributed by atoms with Crippen LogP contribution in [0.15, 0.2) is 6.33 Å². The van der Waals surface area contributed by atoms with Gasteiger partial charge in [-0.2, -0.15) is 0 Å². The van der Waals surface area contributed by atoms with Crippen LogP contribution in [0.4, 0.5) is 5.82 Å². The molecule has 1 aliphatic carbocycles. The van der Waals surface area contributed by atoms with Crippen molar-refractivity contribution in [3.05, 3.63) is 12.2 Å². The second-order valence-corrected chi connectivity index (χ2v) is 6.48. The van der Waals surface area contributed by atoms with Crippen LogP contribution in [0.25, 0.3) is 11.2 Å². The van der Waals surface area contributed by atoms with Gasteiger partial charge in [0.05, 0.1) is 6.61 Å². The van der Waals surface area contributed by atoms with Crippen LogP contribution in [0.5, 0.6) is 0 Å². The Morgan fingerprint density at radius 1 is 1.21 bits per heavy atom. The van der Waals surface area contributed by atoms with Gasteiger partial charge in [-0.15, -0.1) is 0 Å². The lowest BCUT2D eigenvalue weighted by molar-refractivity contribution is -0.0526. The van der Waals surface area contributed by atoms with E-state index in [1.54, 1.807) is 4.57 Å². The van der Waals surface area contributed by atoms with Crippen molar-refractivity contribution >= 4 is 17.0 Å². The molecule has 2 fully saturated rings. The predicted molar refractivity (Wildman–Crippen MR) is 84.0 cm³/mol. The molecule has 0 spiro atoms. The Morgan fingerprint density at radius 2 is 1.96 bits per heavy atom. The Hall–Kier alpha value is -1.81. The van der Waals surface area contributed by atoms with Gasteiger partial charge >= 0.3 is 0 Å². The summed E-state index contributed by atoms with van der Waals surface area (Å²) in [5.74, 6) is 1.23. The van der Waals surface area contributed by atoms with Crippen LogP contribution in [0, 0.1) is 0 Å². The van der Waals surface area contributed by atoms with Crippen molar-refractivity contribution in [1.29, 1.82) is 0 Å². The molecule has 2 unspecified atom stereocenters. The summed E-state index contributed by atoms with van der Waals surface area (Å²) in [4.78, 5) is 12.9. The summed E-state index contributed by atoms with van der Waals surface area (Å²) in [6, 6.07) is 0. The summed E-state index contributed by atoms with van der Waals surface area (Å²) >= 11 is 0. The van der Waals surface area contributed by atoms with E-state index in [9.17, 15) is 15.3 Å². The predicted octanol–water partition coefficient (Wildman–Crippen LogP) is -0.322. The van der Waals surface area contributed by atoms with E-state index in [1.807, 2.05) is 0 Å². The number of anilines is 1. The van der Waals surface area contributed by atoms with Crippen molar-refractivity contribution in [2.45, 2.75) is 56.1 Å². The molecule has 1 saturated carbocycles. The first-order chi connectivity index (χ1) is 11.6. The molecule has 24 heavy (non-hydrogen) atoms. The van der Waals surface area contributed by atoms with E-state index in [2.05, 4.69) is 15.0 Å². The lowest BCUT2D eigenvalue weighted by Crippen LogP contribution is -2.33. The topological polar surface area (TPSA) is 140 Å². The molecule has 130 valence electrons. The van der Waals surface area contributed by atoms with Gasteiger partial charge in [0.25, 0.3) is 0 Å². The number of aliphatic hydroxyl groups is 3. The largest absolute Gasteiger partial charge is 0.394 e. The second kappa shape index (κ2) is 5.92. The molecule has 0 aromatic carbocycles. The molecule has 2 aromatic rings. The zero-order valence-electron chi connectivity index (χ0n) is 13.1. The van der Waals surface area contributed by atoms with Crippen molar-refractivity contribution in [3.8, 4) is 0 Å². The maximum absolute atomic E-state index is 10.4. The molecule has 0 bridgehead atoms. The number of imidazole rings is 1. The van der Waals surface area contributed by atoms with E-state index in [1.165, 1.54) is 6.33 Å². The number of ether oxygens (including phenoxy) is 1. The minimum Gasteiger partial charge on any atom is -0.394 e. The third-order valence-corrected chi connectivity index (χ3v) is 5.02. The number of hydrogen-bond acceptors (Lipinski definition) is 8. The lowest BCUT2D eigenvalue weighted by atomic mass is 10.1. The zero-order chi connectivity index (χ0) is 16.8. The van der Waals surface area contributed by atoms with Crippen LogP contribution in [-0.2, 0) is 4.74 Å². The third kappa shape index (κ3) is 2.27. The molecule has 4 atom stereocenters. The molecule has 4 rings (SSSR count). The zero-order valence-corrected chi connectivity index (χ0v) is 13.1. The Kier molecular flexibility index (Phi) is 3.87. The maximum Gasteiger partial charge on any atom is 0.167 e. The van der Waals surface area contributed by atoms with E-state index in [0.29, 0.717) is 11.2 Å². The Morgan fingerprint density at radius 3 is 2.62 bits per heavy atom. The summed E-state index contributed by atoms with van der Waals surface area (Å²) in [5, 5.41) is 29.8. The molecule has 5 N–H and O–H groups in total. The van der Waals surface area contributed by atoms with E-state index >= 15 is 0 Å². The number of nitrogens with zero attached hydrogens (tertiary/aromatic N) is 4. The standard InChI is InChI=1S/C15H21N5O4/c16-12-9-14(18-6-17-12)20(13(19-9)7-3-1-2-4-7)15-11(23)10(22)8(5-21)24-15/h6-8,10-11,15,21-23H,1-5H2,(H2,16,17,18)/t8-,10?,11?,15-/m1/s1. The SMILES string of the molecule is Nc1ncnc2c1nc(C1CCCC1)n2[C@@H]1O[C@H](CO)C(O)C1O. The smallest absolute Gasteiger partial charge is 0.167 e. The monoisotopic (exact) mass is 335 g/mol. The fourth-order valence-corrected chi connectivity index (χ4v) is 3.76. The molecule has 2 aliphatic rings. The molecule has 3 heterocycles. The highest BCUT2D eigenvalue weighted by atomic mass is 16.6. The summed E-state index contributed by atoms with van der Waals surface area (Å²) in [5.41, 5.74) is 6.87. The number of nitrogen functional groups attached to an aromatic ring is 1. The van der Waals surface area contributed by atoms with E-state index in [4.69, 9.17) is 10.5 Å². The Labute approximate surface area is 138 Å². The first kappa shape index (κ1) is 15.7. The molecule has 0 amide bonds. The van der Waals surface area contributed by atoms with E-state index < -0.39 is 24.5 Å². The van der Waals surface area contributed by atoms with Gasteiger partial charge in [0.2, 0.25) is 0 Å². The normalized spacial score (nSPS) is 31.3. The highest BCUT2D eigenvalue weighted by molar-refractivity contribution is 5.82. The van der Waals surface area contributed by atoms with Gasteiger partial charge in [0.1, 0.15) is 30.5 Å². The molecule has 9 heteroatoms. The minimum absolute atomic E-state index is 0.222. The van der Waals surface area contributed by atoms with Gasteiger partial charge in [-0.1, -0.05) is 12.8 Å². The van der Waals surface area contributed by atoms with Crippen LogP contribution in [-0.4, -0.2) is 59.8 Å². The average molecular weight is 335 g/mol. The molecule has 9 nitrogen and oxygen atoms in total. The van der Waals surface area contributed by atoms with Gasteiger partial charge in [0, 0.05) is 5.92 Å². The minimum atomic E-state index is -1.18. The summed E-state index contributed by atoms with van der Waals surface area (Å²) in [7, 11) is 0. The molecule has 0 radical (unpaired) electrons. The van der Waals surface area contributed by atoms with Crippen LogP contribution >= 0.6 is 0 Å². The number of fused-ring (bicyclic) bond motifs is 1. The highest BCUT2D eigenvalue weighted by Gasteiger charge is 2.45. The maximum atomic E-state index is 10.4. The molecular weight excluding hydrogens is 314 g/mol. The van der Waals surface area contributed by atoms with Crippen molar-refractivity contribution in [3.63, 3.8) is 0 Å².